The van der Waals surface area contributed by atoms with Crippen LogP contribution in [-0.2, 0) is 6.18 Å². The zero-order valence-corrected chi connectivity index (χ0v) is 17.9. The molecule has 0 saturated heterocycles. The minimum atomic E-state index is -4.90. The molecule has 0 unspecified atom stereocenters. The molecule has 0 saturated carbocycles. The highest BCUT2D eigenvalue weighted by atomic mass is 19.4. The zero-order chi connectivity index (χ0) is 25.0. The number of hydrogen-bond donors (Lipinski definition) is 2. The van der Waals surface area contributed by atoms with Crippen molar-refractivity contribution in [3.05, 3.63) is 77.4 Å². The van der Waals surface area contributed by atoms with E-state index in [1.165, 1.54) is 18.2 Å². The SMILES string of the molecule is CC(C)Oc1ccc(Oc2cccc(C(F)(F)F)c2C(=O)Nc2ccnc(C(N)=O)c2)cc1F. The van der Waals surface area contributed by atoms with Crippen LogP contribution in [-0.4, -0.2) is 22.9 Å². The molecule has 0 aliphatic heterocycles. The number of ether oxygens (including phenoxy) is 2. The van der Waals surface area contributed by atoms with E-state index in [0.717, 1.165) is 30.5 Å². The van der Waals surface area contributed by atoms with E-state index in [2.05, 4.69) is 10.3 Å². The van der Waals surface area contributed by atoms with E-state index >= 15 is 0 Å². The molecular weight excluding hydrogens is 458 g/mol. The molecule has 178 valence electrons. The number of aromatic nitrogens is 1. The number of nitrogens with zero attached hydrogens (tertiary/aromatic N) is 1. The van der Waals surface area contributed by atoms with Crippen LogP contribution < -0.4 is 20.5 Å². The molecule has 2 aromatic carbocycles. The lowest BCUT2D eigenvalue weighted by Crippen LogP contribution is -2.20. The third-order valence-electron chi connectivity index (χ3n) is 4.32. The number of amides is 2. The molecule has 1 heterocycles. The molecule has 3 N–H and O–H groups in total. The van der Waals surface area contributed by atoms with Gasteiger partial charge in [-0.05, 0) is 50.2 Å². The molecule has 0 bridgehead atoms. The fraction of sp³-hybridized carbons (Fsp3) is 0.174. The number of carbonyl (C=O) groups excluding carboxylic acids is 2. The fourth-order valence-electron chi connectivity index (χ4n) is 2.94. The molecule has 3 rings (SSSR count). The lowest BCUT2D eigenvalue weighted by atomic mass is 10.0. The van der Waals surface area contributed by atoms with Crippen LogP contribution in [0.15, 0.2) is 54.7 Å². The van der Waals surface area contributed by atoms with E-state index < -0.39 is 40.7 Å². The van der Waals surface area contributed by atoms with Crippen LogP contribution in [0.4, 0.5) is 23.2 Å². The summed E-state index contributed by atoms with van der Waals surface area (Å²) in [6, 6.07) is 8.78. The predicted molar refractivity (Wildman–Crippen MR) is 114 cm³/mol. The number of benzene rings is 2. The molecule has 3 aromatic rings. The van der Waals surface area contributed by atoms with Crippen molar-refractivity contribution in [2.75, 3.05) is 5.32 Å². The van der Waals surface area contributed by atoms with Gasteiger partial charge < -0.3 is 20.5 Å². The molecule has 0 radical (unpaired) electrons. The van der Waals surface area contributed by atoms with Crippen LogP contribution in [0.3, 0.4) is 0 Å². The summed E-state index contributed by atoms with van der Waals surface area (Å²) in [5, 5.41) is 2.27. The van der Waals surface area contributed by atoms with Gasteiger partial charge in [0.15, 0.2) is 11.6 Å². The number of primary amides is 1. The fourth-order valence-corrected chi connectivity index (χ4v) is 2.94. The van der Waals surface area contributed by atoms with Gasteiger partial charge in [0.2, 0.25) is 0 Å². The van der Waals surface area contributed by atoms with Crippen LogP contribution in [0.25, 0.3) is 0 Å². The Bertz CT molecular complexity index is 1230. The minimum absolute atomic E-state index is 0.0158. The molecule has 0 atom stereocenters. The topological polar surface area (TPSA) is 104 Å². The van der Waals surface area contributed by atoms with Crippen LogP contribution in [0.1, 0.15) is 40.3 Å². The number of hydrogen-bond acceptors (Lipinski definition) is 5. The van der Waals surface area contributed by atoms with Gasteiger partial charge in [-0.3, -0.25) is 14.6 Å². The van der Waals surface area contributed by atoms with Gasteiger partial charge in [-0.25, -0.2) is 4.39 Å². The highest BCUT2D eigenvalue weighted by Crippen LogP contribution is 2.38. The Hall–Kier alpha value is -4.15. The minimum Gasteiger partial charge on any atom is -0.488 e. The van der Waals surface area contributed by atoms with Gasteiger partial charge in [0.05, 0.1) is 17.2 Å². The smallest absolute Gasteiger partial charge is 0.417 e. The normalized spacial score (nSPS) is 11.3. The maximum absolute atomic E-state index is 14.3. The number of nitrogens with two attached hydrogens (primary N) is 1. The van der Waals surface area contributed by atoms with Crippen molar-refractivity contribution in [2.45, 2.75) is 26.1 Å². The molecule has 0 fully saturated rings. The number of pyridine rings is 1. The van der Waals surface area contributed by atoms with Gasteiger partial charge in [-0.15, -0.1) is 0 Å². The molecule has 2 amide bonds. The van der Waals surface area contributed by atoms with E-state index in [1.54, 1.807) is 13.8 Å². The van der Waals surface area contributed by atoms with Gasteiger partial charge in [0, 0.05) is 18.0 Å². The van der Waals surface area contributed by atoms with E-state index in [1.807, 2.05) is 0 Å². The maximum atomic E-state index is 14.3. The summed E-state index contributed by atoms with van der Waals surface area (Å²) in [4.78, 5) is 27.9. The van der Waals surface area contributed by atoms with Gasteiger partial charge in [0.1, 0.15) is 17.2 Å². The lowest BCUT2D eigenvalue weighted by molar-refractivity contribution is -0.138. The Morgan fingerprint density at radius 3 is 2.41 bits per heavy atom. The molecule has 34 heavy (non-hydrogen) atoms. The van der Waals surface area contributed by atoms with E-state index in [9.17, 15) is 27.2 Å². The van der Waals surface area contributed by atoms with Crippen LogP contribution >= 0.6 is 0 Å². The summed E-state index contributed by atoms with van der Waals surface area (Å²) in [5.41, 5.74) is 2.82. The summed E-state index contributed by atoms with van der Waals surface area (Å²) in [6.07, 6.45) is -4.04. The van der Waals surface area contributed by atoms with Crippen molar-refractivity contribution in [1.82, 2.24) is 4.98 Å². The second-order valence-corrected chi connectivity index (χ2v) is 7.29. The Balaban J connectivity index is 1.99. The number of carbonyl (C=O) groups is 2. The monoisotopic (exact) mass is 477 g/mol. The van der Waals surface area contributed by atoms with Crippen LogP contribution in [0, 0.1) is 5.82 Å². The standard InChI is InChI=1S/C23H19F4N3O4/c1-12(2)33-18-7-6-14(11-16(18)24)34-19-5-3-4-15(23(25,26)27)20(19)22(32)30-13-8-9-29-17(10-13)21(28)31/h3-12H,1-2H3,(H2,28,31)(H,29,30,32). The second kappa shape index (κ2) is 9.77. The number of anilines is 1. The molecule has 1 aromatic heterocycles. The third-order valence-corrected chi connectivity index (χ3v) is 4.32. The summed E-state index contributed by atoms with van der Waals surface area (Å²) >= 11 is 0. The van der Waals surface area contributed by atoms with E-state index in [0.29, 0.717) is 6.07 Å². The van der Waals surface area contributed by atoms with Crippen molar-refractivity contribution in [3.63, 3.8) is 0 Å². The van der Waals surface area contributed by atoms with Gasteiger partial charge >= 0.3 is 6.18 Å². The number of nitrogens with one attached hydrogen (secondary N) is 1. The van der Waals surface area contributed by atoms with Crippen molar-refractivity contribution in [3.8, 4) is 17.2 Å². The molecule has 0 aliphatic carbocycles. The van der Waals surface area contributed by atoms with Gasteiger partial charge in [0.25, 0.3) is 11.8 Å². The first kappa shape index (κ1) is 24.5. The Morgan fingerprint density at radius 1 is 1.06 bits per heavy atom. The third kappa shape index (κ3) is 5.80. The molecule has 0 spiro atoms. The van der Waals surface area contributed by atoms with Crippen molar-refractivity contribution >= 4 is 17.5 Å². The zero-order valence-electron chi connectivity index (χ0n) is 17.9. The first-order valence-electron chi connectivity index (χ1n) is 9.87. The largest absolute Gasteiger partial charge is 0.488 e. The van der Waals surface area contributed by atoms with Crippen LogP contribution in [0.5, 0.6) is 17.2 Å². The Kier molecular flexibility index (Phi) is 7.04. The highest BCUT2D eigenvalue weighted by Gasteiger charge is 2.37. The lowest BCUT2D eigenvalue weighted by Gasteiger charge is -2.17. The molecular formula is C23H19F4N3O4. The molecule has 11 heteroatoms. The van der Waals surface area contributed by atoms with Gasteiger partial charge in [-0.1, -0.05) is 6.07 Å². The highest BCUT2D eigenvalue weighted by molar-refractivity contribution is 6.08. The second-order valence-electron chi connectivity index (χ2n) is 7.29. The van der Waals surface area contributed by atoms with Crippen molar-refractivity contribution in [2.24, 2.45) is 5.73 Å². The van der Waals surface area contributed by atoms with Crippen molar-refractivity contribution < 1.29 is 36.6 Å². The first-order valence-corrected chi connectivity index (χ1v) is 9.87. The molecule has 0 aliphatic rings. The van der Waals surface area contributed by atoms with E-state index in [4.69, 9.17) is 15.2 Å². The number of halogens is 4. The number of rotatable bonds is 7. The summed E-state index contributed by atoms with van der Waals surface area (Å²) < 4.78 is 66.1. The van der Waals surface area contributed by atoms with E-state index in [-0.39, 0.29) is 29.0 Å². The summed E-state index contributed by atoms with van der Waals surface area (Å²) in [7, 11) is 0. The Morgan fingerprint density at radius 2 is 1.79 bits per heavy atom. The van der Waals surface area contributed by atoms with Crippen molar-refractivity contribution in [1.29, 1.82) is 0 Å². The average molecular weight is 477 g/mol. The maximum Gasteiger partial charge on any atom is 0.417 e. The number of alkyl halides is 3. The van der Waals surface area contributed by atoms with Gasteiger partial charge in [-0.2, -0.15) is 13.2 Å². The van der Waals surface area contributed by atoms with Crippen LogP contribution in [0.2, 0.25) is 0 Å². The molecule has 7 nitrogen and oxygen atoms in total. The Labute approximate surface area is 191 Å². The predicted octanol–water partition coefficient (Wildman–Crippen LogP) is 5.17. The first-order chi connectivity index (χ1) is 16.0. The average Bonchev–Trinajstić information content (AvgIpc) is 2.74. The quantitative estimate of drug-likeness (QED) is 0.457. The summed E-state index contributed by atoms with van der Waals surface area (Å²) in [5.74, 6) is -3.53. The summed E-state index contributed by atoms with van der Waals surface area (Å²) in [6.45, 7) is 3.40.